The van der Waals surface area contributed by atoms with Crippen molar-refractivity contribution >= 4 is 27.4 Å². The second-order valence-electron chi connectivity index (χ2n) is 5.15. The molecule has 0 saturated heterocycles. The van der Waals surface area contributed by atoms with Crippen molar-refractivity contribution < 1.29 is 4.39 Å². The maximum atomic E-state index is 13.3. The van der Waals surface area contributed by atoms with Gasteiger partial charge in [0.05, 0.1) is 5.39 Å². The molecule has 0 saturated carbocycles. The molecule has 0 spiro atoms. The highest BCUT2D eigenvalue weighted by atomic mass is 32.1. The highest BCUT2D eigenvalue weighted by Crippen LogP contribution is 2.34. The van der Waals surface area contributed by atoms with Crippen molar-refractivity contribution in [2.24, 2.45) is 0 Å². The quantitative estimate of drug-likeness (QED) is 0.730. The first-order valence-corrected chi connectivity index (χ1v) is 7.54. The SMILES string of the molecule is Cc1sc2ncnc(N(C)Cc3cccc(F)c3)c2c1C. The lowest BCUT2D eigenvalue weighted by atomic mass is 10.2. The van der Waals surface area contributed by atoms with Gasteiger partial charge in [-0.1, -0.05) is 12.1 Å². The number of benzene rings is 1. The fourth-order valence-electron chi connectivity index (χ4n) is 2.44. The fraction of sp³-hybridized carbons (Fsp3) is 0.250. The first-order chi connectivity index (χ1) is 10.1. The average molecular weight is 301 g/mol. The lowest BCUT2D eigenvalue weighted by molar-refractivity contribution is 0.625. The van der Waals surface area contributed by atoms with Gasteiger partial charge in [-0.2, -0.15) is 0 Å². The number of hydrogen-bond acceptors (Lipinski definition) is 4. The summed E-state index contributed by atoms with van der Waals surface area (Å²) >= 11 is 1.68. The third-order valence-corrected chi connectivity index (χ3v) is 4.73. The van der Waals surface area contributed by atoms with E-state index in [1.807, 2.05) is 18.0 Å². The molecule has 0 aliphatic rings. The molecule has 108 valence electrons. The first-order valence-electron chi connectivity index (χ1n) is 6.72. The molecule has 2 aromatic heterocycles. The number of fused-ring (bicyclic) bond motifs is 1. The van der Waals surface area contributed by atoms with E-state index in [9.17, 15) is 4.39 Å². The number of thiophene rings is 1. The van der Waals surface area contributed by atoms with E-state index < -0.39 is 0 Å². The van der Waals surface area contributed by atoms with Crippen LogP contribution in [0.25, 0.3) is 10.2 Å². The smallest absolute Gasteiger partial charge is 0.141 e. The van der Waals surface area contributed by atoms with Crippen LogP contribution in [0.15, 0.2) is 30.6 Å². The van der Waals surface area contributed by atoms with E-state index in [1.54, 1.807) is 29.8 Å². The maximum absolute atomic E-state index is 13.3. The van der Waals surface area contributed by atoms with Gasteiger partial charge in [0.2, 0.25) is 0 Å². The molecule has 21 heavy (non-hydrogen) atoms. The number of nitrogens with zero attached hydrogens (tertiary/aromatic N) is 3. The summed E-state index contributed by atoms with van der Waals surface area (Å²) in [7, 11) is 1.97. The second-order valence-corrected chi connectivity index (χ2v) is 6.35. The summed E-state index contributed by atoms with van der Waals surface area (Å²) < 4.78 is 13.3. The molecule has 0 unspecified atom stereocenters. The first kappa shape index (κ1) is 13.9. The van der Waals surface area contributed by atoms with Crippen molar-refractivity contribution in [3.05, 3.63) is 52.4 Å². The predicted molar refractivity (Wildman–Crippen MR) is 85.4 cm³/mol. The number of aromatic nitrogens is 2. The number of aryl methyl sites for hydroxylation is 2. The molecule has 0 amide bonds. The zero-order valence-electron chi connectivity index (χ0n) is 12.2. The van der Waals surface area contributed by atoms with Gasteiger partial charge in [-0.15, -0.1) is 11.3 Å². The van der Waals surface area contributed by atoms with Crippen LogP contribution in [0.4, 0.5) is 10.2 Å². The van der Waals surface area contributed by atoms with E-state index in [-0.39, 0.29) is 5.82 Å². The fourth-order valence-corrected chi connectivity index (χ4v) is 3.43. The Balaban J connectivity index is 2.00. The van der Waals surface area contributed by atoms with Crippen LogP contribution in [0.1, 0.15) is 16.0 Å². The van der Waals surface area contributed by atoms with Gasteiger partial charge in [-0.05, 0) is 37.1 Å². The van der Waals surface area contributed by atoms with Gasteiger partial charge in [-0.25, -0.2) is 14.4 Å². The standard InChI is InChI=1S/C16H16FN3S/c1-10-11(2)21-16-14(10)15(18-9-19-16)20(3)8-12-5-4-6-13(17)7-12/h4-7,9H,8H2,1-3H3. The summed E-state index contributed by atoms with van der Waals surface area (Å²) in [5.41, 5.74) is 2.14. The van der Waals surface area contributed by atoms with Crippen LogP contribution in [-0.2, 0) is 6.54 Å². The predicted octanol–water partition coefficient (Wildman–Crippen LogP) is 4.08. The molecule has 0 N–H and O–H groups in total. The molecule has 0 aliphatic carbocycles. The largest absolute Gasteiger partial charge is 0.355 e. The number of rotatable bonds is 3. The molecule has 0 radical (unpaired) electrons. The Morgan fingerprint density at radius 3 is 2.81 bits per heavy atom. The Hall–Kier alpha value is -2.01. The molecular weight excluding hydrogens is 285 g/mol. The normalized spacial score (nSPS) is 11.0. The number of anilines is 1. The summed E-state index contributed by atoms with van der Waals surface area (Å²) in [4.78, 5) is 13.1. The van der Waals surface area contributed by atoms with Crippen LogP contribution in [-0.4, -0.2) is 17.0 Å². The Morgan fingerprint density at radius 2 is 2.05 bits per heavy atom. The molecule has 0 aliphatic heterocycles. The summed E-state index contributed by atoms with van der Waals surface area (Å²) in [6.07, 6.45) is 1.59. The highest BCUT2D eigenvalue weighted by Gasteiger charge is 2.15. The third kappa shape index (κ3) is 2.61. The van der Waals surface area contributed by atoms with Crippen LogP contribution in [0.3, 0.4) is 0 Å². The minimum Gasteiger partial charge on any atom is -0.355 e. The molecule has 3 aromatic rings. The highest BCUT2D eigenvalue weighted by molar-refractivity contribution is 7.18. The average Bonchev–Trinajstić information content (AvgIpc) is 2.74. The molecule has 0 atom stereocenters. The lowest BCUT2D eigenvalue weighted by Crippen LogP contribution is -2.18. The molecule has 1 aromatic carbocycles. The third-order valence-electron chi connectivity index (χ3n) is 3.62. The second kappa shape index (κ2) is 5.41. The Morgan fingerprint density at radius 1 is 1.24 bits per heavy atom. The van der Waals surface area contributed by atoms with Gasteiger partial charge in [0.25, 0.3) is 0 Å². The minimum absolute atomic E-state index is 0.212. The van der Waals surface area contributed by atoms with E-state index in [4.69, 9.17) is 0 Å². The van der Waals surface area contributed by atoms with Crippen molar-refractivity contribution in [2.45, 2.75) is 20.4 Å². The Kier molecular flexibility index (Phi) is 3.59. The van der Waals surface area contributed by atoms with Crippen molar-refractivity contribution in [3.63, 3.8) is 0 Å². The molecule has 5 heteroatoms. The maximum Gasteiger partial charge on any atom is 0.141 e. The van der Waals surface area contributed by atoms with Crippen molar-refractivity contribution in [2.75, 3.05) is 11.9 Å². The van der Waals surface area contributed by atoms with Crippen molar-refractivity contribution in [1.29, 1.82) is 0 Å². The Labute approximate surface area is 127 Å². The van der Waals surface area contributed by atoms with Crippen molar-refractivity contribution in [3.8, 4) is 0 Å². The van der Waals surface area contributed by atoms with Gasteiger partial charge >= 0.3 is 0 Å². The molecule has 2 heterocycles. The van der Waals surface area contributed by atoms with Crippen molar-refractivity contribution in [1.82, 2.24) is 9.97 Å². The molecule has 3 rings (SSSR count). The van der Waals surface area contributed by atoms with Gasteiger partial charge in [0, 0.05) is 18.5 Å². The Bertz CT molecular complexity index is 797. The molecule has 3 nitrogen and oxygen atoms in total. The van der Waals surface area contributed by atoms with Crippen LogP contribution in [0.5, 0.6) is 0 Å². The summed E-state index contributed by atoms with van der Waals surface area (Å²) in [6.45, 7) is 4.80. The zero-order valence-corrected chi connectivity index (χ0v) is 13.0. The number of halogens is 1. The monoisotopic (exact) mass is 301 g/mol. The van der Waals surface area contributed by atoms with E-state index in [0.29, 0.717) is 6.54 Å². The van der Waals surface area contributed by atoms with Crippen LogP contribution in [0, 0.1) is 19.7 Å². The topological polar surface area (TPSA) is 29.0 Å². The summed E-state index contributed by atoms with van der Waals surface area (Å²) in [5.74, 6) is 0.683. The lowest BCUT2D eigenvalue weighted by Gasteiger charge is -2.19. The molecule has 0 fully saturated rings. The van der Waals surface area contributed by atoms with Gasteiger partial charge in [0.15, 0.2) is 0 Å². The van der Waals surface area contributed by atoms with E-state index in [1.165, 1.54) is 16.5 Å². The minimum atomic E-state index is -0.212. The molecule has 0 bridgehead atoms. The van der Waals surface area contributed by atoms with E-state index in [0.717, 1.165) is 21.6 Å². The van der Waals surface area contributed by atoms with Crippen LogP contribution < -0.4 is 4.90 Å². The zero-order chi connectivity index (χ0) is 15.0. The van der Waals surface area contributed by atoms with E-state index in [2.05, 4.69) is 23.8 Å². The van der Waals surface area contributed by atoms with Gasteiger partial charge < -0.3 is 4.90 Å². The number of hydrogen-bond donors (Lipinski definition) is 0. The van der Waals surface area contributed by atoms with Gasteiger partial charge in [0.1, 0.15) is 22.8 Å². The van der Waals surface area contributed by atoms with Gasteiger partial charge in [-0.3, -0.25) is 0 Å². The molecular formula is C16H16FN3S. The van der Waals surface area contributed by atoms with Crippen LogP contribution in [0.2, 0.25) is 0 Å². The van der Waals surface area contributed by atoms with Crippen LogP contribution >= 0.6 is 11.3 Å². The summed E-state index contributed by atoms with van der Waals surface area (Å²) in [6, 6.07) is 6.66. The van der Waals surface area contributed by atoms with E-state index >= 15 is 0 Å². The summed E-state index contributed by atoms with van der Waals surface area (Å²) in [5, 5.41) is 1.10.